The topological polar surface area (TPSA) is 85.9 Å². The van der Waals surface area contributed by atoms with Crippen molar-refractivity contribution in [3.63, 3.8) is 0 Å². The third-order valence-electron chi connectivity index (χ3n) is 4.19. The summed E-state index contributed by atoms with van der Waals surface area (Å²) in [7, 11) is -1.95. The Kier molecular flexibility index (Phi) is 7.64. The Bertz CT molecular complexity index is 612. The molecule has 0 aromatic heterocycles. The van der Waals surface area contributed by atoms with Crippen LogP contribution in [-0.2, 0) is 19.5 Å². The molecular weight excluding hydrogens is 344 g/mol. The molecule has 1 fully saturated rings. The van der Waals surface area contributed by atoms with E-state index in [0.29, 0.717) is 38.7 Å². The van der Waals surface area contributed by atoms with Crippen molar-refractivity contribution >= 4 is 10.0 Å². The molecule has 0 radical (unpaired) electrons. The lowest BCUT2D eigenvalue weighted by Crippen LogP contribution is -2.52. The molecule has 8 heteroatoms. The Hall–Kier alpha value is -1.19. The standard InChI is InChI=1S/C17H28N2O5S/c1-3-23-11-12-24-15-5-7-16(8-6-15)25(20,21)19-13-17(14-22-2)9-4-10-18-17/h5-8,18-19H,3-4,9-14H2,1-2H3. The van der Waals surface area contributed by atoms with Gasteiger partial charge in [0.25, 0.3) is 0 Å². The fourth-order valence-electron chi connectivity index (χ4n) is 2.86. The molecule has 0 amide bonds. The van der Waals surface area contributed by atoms with E-state index in [2.05, 4.69) is 10.0 Å². The maximum atomic E-state index is 12.5. The Balaban J connectivity index is 1.92. The predicted molar refractivity (Wildman–Crippen MR) is 95.5 cm³/mol. The first-order chi connectivity index (χ1) is 12.0. The SMILES string of the molecule is CCOCCOc1ccc(S(=O)(=O)NCC2(COC)CCCN2)cc1. The van der Waals surface area contributed by atoms with E-state index >= 15 is 0 Å². The Morgan fingerprint density at radius 1 is 1.24 bits per heavy atom. The molecule has 142 valence electrons. The number of benzene rings is 1. The van der Waals surface area contributed by atoms with E-state index in [-0.39, 0.29) is 10.4 Å². The van der Waals surface area contributed by atoms with Gasteiger partial charge in [-0.05, 0) is 50.6 Å². The monoisotopic (exact) mass is 372 g/mol. The van der Waals surface area contributed by atoms with Crippen LogP contribution in [-0.4, -0.2) is 60.6 Å². The van der Waals surface area contributed by atoms with Gasteiger partial charge in [0.2, 0.25) is 10.0 Å². The van der Waals surface area contributed by atoms with Crippen molar-refractivity contribution in [1.82, 2.24) is 10.0 Å². The van der Waals surface area contributed by atoms with E-state index in [1.165, 1.54) is 0 Å². The summed E-state index contributed by atoms with van der Waals surface area (Å²) < 4.78 is 43.6. The molecule has 0 bridgehead atoms. The number of hydrogen-bond acceptors (Lipinski definition) is 6. The first-order valence-corrected chi connectivity index (χ1v) is 10.0. The zero-order chi connectivity index (χ0) is 18.2. The van der Waals surface area contributed by atoms with Crippen LogP contribution in [0.15, 0.2) is 29.2 Å². The Labute approximate surface area is 150 Å². The first kappa shape index (κ1) is 20.1. The van der Waals surface area contributed by atoms with E-state index in [4.69, 9.17) is 14.2 Å². The van der Waals surface area contributed by atoms with Gasteiger partial charge >= 0.3 is 0 Å². The fraction of sp³-hybridized carbons (Fsp3) is 0.647. The van der Waals surface area contributed by atoms with Gasteiger partial charge in [-0.2, -0.15) is 0 Å². The summed E-state index contributed by atoms with van der Waals surface area (Å²) in [4.78, 5) is 0.218. The molecule has 0 spiro atoms. The largest absolute Gasteiger partial charge is 0.491 e. The third-order valence-corrected chi connectivity index (χ3v) is 5.61. The highest BCUT2D eigenvalue weighted by Gasteiger charge is 2.34. The van der Waals surface area contributed by atoms with Crippen LogP contribution in [0.25, 0.3) is 0 Å². The average Bonchev–Trinajstić information content (AvgIpc) is 3.07. The van der Waals surface area contributed by atoms with Gasteiger partial charge in [0.15, 0.2) is 0 Å². The van der Waals surface area contributed by atoms with Crippen LogP contribution in [0.2, 0.25) is 0 Å². The van der Waals surface area contributed by atoms with Crippen molar-refractivity contribution in [2.75, 3.05) is 46.6 Å². The second-order valence-electron chi connectivity index (χ2n) is 6.09. The third kappa shape index (κ3) is 5.93. The zero-order valence-electron chi connectivity index (χ0n) is 14.9. The lowest BCUT2D eigenvalue weighted by Gasteiger charge is -2.28. The lowest BCUT2D eigenvalue weighted by molar-refractivity contribution is 0.110. The summed E-state index contributed by atoms with van der Waals surface area (Å²) >= 11 is 0. The summed E-state index contributed by atoms with van der Waals surface area (Å²) in [6.45, 7) is 5.16. The van der Waals surface area contributed by atoms with Crippen LogP contribution in [0, 0.1) is 0 Å². The van der Waals surface area contributed by atoms with Gasteiger partial charge < -0.3 is 19.5 Å². The summed E-state index contributed by atoms with van der Waals surface area (Å²) in [6.07, 6.45) is 1.90. The summed E-state index contributed by atoms with van der Waals surface area (Å²) in [5.41, 5.74) is -0.329. The minimum absolute atomic E-state index is 0.218. The second-order valence-corrected chi connectivity index (χ2v) is 7.85. The van der Waals surface area contributed by atoms with E-state index < -0.39 is 10.0 Å². The molecule has 2 rings (SSSR count). The summed E-state index contributed by atoms with van der Waals surface area (Å²) in [5, 5.41) is 3.35. The van der Waals surface area contributed by atoms with E-state index in [1.807, 2.05) is 6.92 Å². The quantitative estimate of drug-likeness (QED) is 0.567. The number of hydrogen-bond donors (Lipinski definition) is 2. The van der Waals surface area contributed by atoms with E-state index in [1.54, 1.807) is 31.4 Å². The molecule has 2 N–H and O–H groups in total. The van der Waals surface area contributed by atoms with Gasteiger partial charge in [-0.1, -0.05) is 0 Å². The van der Waals surface area contributed by atoms with Crippen LogP contribution in [0.5, 0.6) is 5.75 Å². The minimum Gasteiger partial charge on any atom is -0.491 e. The van der Waals surface area contributed by atoms with Crippen LogP contribution >= 0.6 is 0 Å². The maximum Gasteiger partial charge on any atom is 0.240 e. The number of ether oxygens (including phenoxy) is 3. The van der Waals surface area contributed by atoms with Gasteiger partial charge in [0, 0.05) is 20.3 Å². The van der Waals surface area contributed by atoms with Gasteiger partial charge in [-0.15, -0.1) is 0 Å². The number of nitrogens with one attached hydrogen (secondary N) is 2. The zero-order valence-corrected chi connectivity index (χ0v) is 15.7. The van der Waals surface area contributed by atoms with Crippen molar-refractivity contribution in [3.8, 4) is 5.75 Å². The molecule has 1 saturated heterocycles. The lowest BCUT2D eigenvalue weighted by atomic mass is 9.99. The molecule has 1 aliphatic heterocycles. The van der Waals surface area contributed by atoms with Crippen molar-refractivity contribution < 1.29 is 22.6 Å². The van der Waals surface area contributed by atoms with Gasteiger partial charge in [0.05, 0.1) is 23.6 Å². The fourth-order valence-corrected chi connectivity index (χ4v) is 3.99. The normalized spacial score (nSPS) is 20.7. The second kappa shape index (κ2) is 9.49. The molecule has 1 atom stereocenters. The minimum atomic E-state index is -3.58. The molecule has 1 heterocycles. The highest BCUT2D eigenvalue weighted by Crippen LogP contribution is 2.21. The smallest absolute Gasteiger partial charge is 0.240 e. The molecule has 25 heavy (non-hydrogen) atoms. The number of sulfonamides is 1. The summed E-state index contributed by atoms with van der Waals surface area (Å²) in [5.74, 6) is 0.618. The van der Waals surface area contributed by atoms with Crippen LogP contribution in [0.3, 0.4) is 0 Å². The van der Waals surface area contributed by atoms with Crippen LogP contribution < -0.4 is 14.8 Å². The number of rotatable bonds is 11. The highest BCUT2D eigenvalue weighted by atomic mass is 32.2. The molecule has 1 unspecified atom stereocenters. The molecule has 0 saturated carbocycles. The molecule has 0 aliphatic carbocycles. The van der Waals surface area contributed by atoms with Crippen molar-refractivity contribution in [2.45, 2.75) is 30.2 Å². The van der Waals surface area contributed by atoms with Crippen LogP contribution in [0.1, 0.15) is 19.8 Å². The van der Waals surface area contributed by atoms with Crippen LogP contribution in [0.4, 0.5) is 0 Å². The Morgan fingerprint density at radius 3 is 2.60 bits per heavy atom. The molecular formula is C17H28N2O5S. The number of methoxy groups -OCH3 is 1. The van der Waals surface area contributed by atoms with E-state index in [0.717, 1.165) is 19.4 Å². The van der Waals surface area contributed by atoms with Crippen molar-refractivity contribution in [1.29, 1.82) is 0 Å². The molecule has 1 aromatic rings. The highest BCUT2D eigenvalue weighted by molar-refractivity contribution is 7.89. The Morgan fingerprint density at radius 2 is 2.00 bits per heavy atom. The maximum absolute atomic E-state index is 12.5. The molecule has 1 aliphatic rings. The van der Waals surface area contributed by atoms with Crippen molar-refractivity contribution in [2.24, 2.45) is 0 Å². The van der Waals surface area contributed by atoms with Gasteiger partial charge in [0.1, 0.15) is 12.4 Å². The van der Waals surface area contributed by atoms with Gasteiger partial charge in [-0.25, -0.2) is 13.1 Å². The first-order valence-electron chi connectivity index (χ1n) is 8.55. The summed E-state index contributed by atoms with van der Waals surface area (Å²) in [6, 6.07) is 6.39. The molecule has 7 nitrogen and oxygen atoms in total. The predicted octanol–water partition coefficient (Wildman–Crippen LogP) is 1.15. The van der Waals surface area contributed by atoms with Gasteiger partial charge in [-0.3, -0.25) is 0 Å². The van der Waals surface area contributed by atoms with E-state index in [9.17, 15) is 8.42 Å². The van der Waals surface area contributed by atoms with Crippen molar-refractivity contribution in [3.05, 3.63) is 24.3 Å². The average molecular weight is 372 g/mol. The molecule has 1 aromatic carbocycles.